The van der Waals surface area contributed by atoms with Crippen LogP contribution < -0.4 is 4.74 Å². The van der Waals surface area contributed by atoms with Crippen LogP contribution in [-0.4, -0.2) is 14.8 Å². The third kappa shape index (κ3) is 4.15. The molecule has 1 aromatic heterocycles. The molecule has 0 amide bonds. The van der Waals surface area contributed by atoms with Gasteiger partial charge < -0.3 is 4.74 Å². The van der Waals surface area contributed by atoms with Gasteiger partial charge in [0.15, 0.2) is 11.6 Å². The van der Waals surface area contributed by atoms with Gasteiger partial charge in [-0.15, -0.1) is 10.2 Å². The van der Waals surface area contributed by atoms with Crippen molar-refractivity contribution in [2.75, 3.05) is 0 Å². The van der Waals surface area contributed by atoms with Crippen LogP contribution in [0.25, 0.3) is 17.1 Å². The molecule has 0 aliphatic heterocycles. The second kappa shape index (κ2) is 8.42. The summed E-state index contributed by atoms with van der Waals surface area (Å²) in [5, 5.41) is 9.08. The van der Waals surface area contributed by atoms with E-state index in [1.54, 1.807) is 34.9 Å². The number of nitrogens with zero attached hydrogens (tertiary/aromatic N) is 3. The van der Waals surface area contributed by atoms with Crippen molar-refractivity contribution >= 4 is 23.2 Å². The Balaban J connectivity index is 1.75. The van der Waals surface area contributed by atoms with E-state index in [1.165, 1.54) is 24.3 Å². The molecule has 0 aliphatic rings. The van der Waals surface area contributed by atoms with Crippen molar-refractivity contribution in [3.8, 4) is 22.8 Å². The predicted molar refractivity (Wildman–Crippen MR) is 112 cm³/mol. The molecule has 1 heterocycles. The highest BCUT2D eigenvalue weighted by molar-refractivity contribution is 6.31. The normalized spacial score (nSPS) is 11.0. The Bertz CT molecular complexity index is 1210. The van der Waals surface area contributed by atoms with Crippen molar-refractivity contribution in [2.45, 2.75) is 13.5 Å². The molecule has 3 aromatic carbocycles. The first-order chi connectivity index (χ1) is 14.4. The quantitative estimate of drug-likeness (QED) is 0.356. The second-order valence-electron chi connectivity index (χ2n) is 6.58. The average molecular weight is 446 g/mol. The van der Waals surface area contributed by atoms with E-state index in [1.807, 2.05) is 13.0 Å². The highest BCUT2D eigenvalue weighted by atomic mass is 35.5. The molecule has 8 heteroatoms. The van der Waals surface area contributed by atoms with Crippen LogP contribution in [0.15, 0.2) is 60.7 Å². The number of aryl methyl sites for hydroxylation is 1. The lowest BCUT2D eigenvalue weighted by molar-refractivity contribution is 0.293. The second-order valence-corrected chi connectivity index (χ2v) is 7.39. The van der Waals surface area contributed by atoms with Gasteiger partial charge in [-0.2, -0.15) is 0 Å². The van der Waals surface area contributed by atoms with Crippen LogP contribution >= 0.6 is 23.2 Å². The van der Waals surface area contributed by atoms with E-state index >= 15 is 0 Å². The summed E-state index contributed by atoms with van der Waals surface area (Å²) in [6.07, 6.45) is 0. The van der Waals surface area contributed by atoms with Gasteiger partial charge in [0.05, 0.1) is 10.7 Å². The molecule has 0 aliphatic carbocycles. The van der Waals surface area contributed by atoms with Crippen LogP contribution in [0.1, 0.15) is 11.4 Å². The van der Waals surface area contributed by atoms with Crippen LogP contribution in [0.5, 0.6) is 5.75 Å². The fraction of sp³-hybridized carbons (Fsp3) is 0.0909. The Morgan fingerprint density at radius 1 is 0.900 bits per heavy atom. The summed E-state index contributed by atoms with van der Waals surface area (Å²) in [4.78, 5) is 0. The summed E-state index contributed by atoms with van der Waals surface area (Å²) in [6, 6.07) is 15.5. The zero-order valence-corrected chi connectivity index (χ0v) is 17.3. The first-order valence-electron chi connectivity index (χ1n) is 8.97. The van der Waals surface area contributed by atoms with Crippen molar-refractivity contribution in [1.29, 1.82) is 0 Å². The molecule has 0 saturated carbocycles. The van der Waals surface area contributed by atoms with Gasteiger partial charge in [-0.3, -0.25) is 4.57 Å². The lowest BCUT2D eigenvalue weighted by atomic mass is 10.2. The molecule has 0 atom stereocenters. The number of rotatable bonds is 5. The molecule has 0 unspecified atom stereocenters. The van der Waals surface area contributed by atoms with Crippen molar-refractivity contribution < 1.29 is 13.5 Å². The minimum absolute atomic E-state index is 0.0357. The van der Waals surface area contributed by atoms with Gasteiger partial charge in [0.25, 0.3) is 0 Å². The summed E-state index contributed by atoms with van der Waals surface area (Å²) in [5.74, 6) is 0.627. The van der Waals surface area contributed by atoms with Gasteiger partial charge in [-0.1, -0.05) is 23.2 Å². The summed E-state index contributed by atoms with van der Waals surface area (Å²) >= 11 is 12.0. The Morgan fingerprint density at radius 2 is 1.67 bits per heavy atom. The van der Waals surface area contributed by atoms with E-state index in [0.717, 1.165) is 5.56 Å². The van der Waals surface area contributed by atoms with Crippen LogP contribution in [-0.2, 0) is 6.61 Å². The molecule has 30 heavy (non-hydrogen) atoms. The first kappa shape index (κ1) is 20.3. The van der Waals surface area contributed by atoms with Crippen molar-refractivity contribution in [3.05, 3.63) is 93.7 Å². The molecule has 0 fully saturated rings. The van der Waals surface area contributed by atoms with Gasteiger partial charge in [-0.05, 0) is 73.2 Å². The van der Waals surface area contributed by atoms with Gasteiger partial charge >= 0.3 is 0 Å². The average Bonchev–Trinajstić information content (AvgIpc) is 3.15. The molecular formula is C22H15Cl2F2N3O. The summed E-state index contributed by atoms with van der Waals surface area (Å²) in [6.45, 7) is 1.97. The molecule has 4 rings (SSSR count). The fourth-order valence-electron chi connectivity index (χ4n) is 2.95. The maximum atomic E-state index is 13.7. The Morgan fingerprint density at radius 3 is 2.37 bits per heavy atom. The summed E-state index contributed by atoms with van der Waals surface area (Å²) < 4.78 is 34.6. The lowest BCUT2D eigenvalue weighted by Crippen LogP contribution is -2.07. The summed E-state index contributed by atoms with van der Waals surface area (Å²) in [5.41, 5.74) is 2.07. The van der Waals surface area contributed by atoms with Gasteiger partial charge in [0, 0.05) is 10.6 Å². The van der Waals surface area contributed by atoms with Crippen molar-refractivity contribution in [3.63, 3.8) is 0 Å². The van der Waals surface area contributed by atoms with Crippen molar-refractivity contribution in [2.24, 2.45) is 0 Å². The zero-order valence-electron chi connectivity index (χ0n) is 15.7. The Hall–Kier alpha value is -2.96. The lowest BCUT2D eigenvalue weighted by Gasteiger charge is -2.12. The zero-order chi connectivity index (χ0) is 21.3. The number of halogens is 4. The molecular weight excluding hydrogens is 431 g/mol. The third-order valence-corrected chi connectivity index (χ3v) is 5.20. The first-order valence-corrected chi connectivity index (χ1v) is 9.72. The molecule has 0 bridgehead atoms. The number of hydrogen-bond donors (Lipinski definition) is 0. The minimum Gasteiger partial charge on any atom is -0.486 e. The van der Waals surface area contributed by atoms with Gasteiger partial charge in [0.1, 0.15) is 24.0 Å². The minimum atomic E-state index is -0.536. The van der Waals surface area contributed by atoms with E-state index in [9.17, 15) is 8.78 Å². The third-order valence-electron chi connectivity index (χ3n) is 4.49. The molecule has 0 N–H and O–H groups in total. The molecule has 0 spiro atoms. The van der Waals surface area contributed by atoms with Crippen molar-refractivity contribution in [1.82, 2.24) is 14.8 Å². The molecule has 4 nitrogen and oxygen atoms in total. The maximum absolute atomic E-state index is 13.7. The standard InChI is InChI=1S/C22H15Cl2F2N3O/c1-13-10-17(7-8-18(13)23)30-12-21-27-28-22(14-2-4-15(25)5-3-14)29(21)16-6-9-20(26)19(24)11-16/h2-11H,12H2,1H3. The highest BCUT2D eigenvalue weighted by Crippen LogP contribution is 2.27. The number of benzene rings is 3. The topological polar surface area (TPSA) is 39.9 Å². The smallest absolute Gasteiger partial charge is 0.175 e. The summed E-state index contributed by atoms with van der Waals surface area (Å²) in [7, 11) is 0. The molecule has 152 valence electrons. The van der Waals surface area contributed by atoms with E-state index in [2.05, 4.69) is 10.2 Å². The van der Waals surface area contributed by atoms with Crippen LogP contribution in [0.2, 0.25) is 10.0 Å². The monoisotopic (exact) mass is 445 g/mol. The van der Waals surface area contributed by atoms with E-state index in [0.29, 0.717) is 33.7 Å². The SMILES string of the molecule is Cc1cc(OCc2nnc(-c3ccc(F)cc3)n2-c2ccc(F)c(Cl)c2)ccc1Cl. The fourth-order valence-corrected chi connectivity index (χ4v) is 3.24. The van der Waals surface area contributed by atoms with E-state index in [4.69, 9.17) is 27.9 Å². The van der Waals surface area contributed by atoms with Crippen LogP contribution in [0, 0.1) is 18.6 Å². The number of ether oxygens (including phenoxy) is 1. The van der Waals surface area contributed by atoms with Gasteiger partial charge in [0.2, 0.25) is 0 Å². The Kier molecular flexibility index (Phi) is 5.70. The highest BCUT2D eigenvalue weighted by Gasteiger charge is 2.17. The predicted octanol–water partition coefficient (Wildman–Crippen LogP) is 6.41. The Labute approximate surface area is 181 Å². The van der Waals surface area contributed by atoms with Crippen LogP contribution in [0.3, 0.4) is 0 Å². The maximum Gasteiger partial charge on any atom is 0.175 e. The van der Waals surface area contributed by atoms with Gasteiger partial charge in [-0.25, -0.2) is 8.78 Å². The number of hydrogen-bond acceptors (Lipinski definition) is 3. The van der Waals surface area contributed by atoms with Crippen LogP contribution in [0.4, 0.5) is 8.78 Å². The van der Waals surface area contributed by atoms with E-state index in [-0.39, 0.29) is 17.4 Å². The number of aromatic nitrogens is 3. The van der Waals surface area contributed by atoms with E-state index < -0.39 is 5.82 Å². The molecule has 0 radical (unpaired) electrons. The molecule has 4 aromatic rings. The molecule has 0 saturated heterocycles. The largest absolute Gasteiger partial charge is 0.486 e.